The summed E-state index contributed by atoms with van der Waals surface area (Å²) in [6, 6.07) is 18.3. The number of ether oxygens (including phenoxy) is 2. The molecule has 190 valence electrons. The molecule has 3 aromatic rings. The number of hydrogen-bond donors (Lipinski definition) is 1. The molecule has 0 aliphatic rings. The number of nitrogens with one attached hydrogen (secondary N) is 1. The summed E-state index contributed by atoms with van der Waals surface area (Å²) in [4.78, 5) is 41.1. The van der Waals surface area contributed by atoms with E-state index < -0.39 is 5.91 Å². The second-order valence-corrected chi connectivity index (χ2v) is 9.36. The molecule has 7 nitrogen and oxygen atoms in total. The fraction of sp³-hybridized carbons (Fsp3) is 0.321. The number of nitrogens with zero attached hydrogens (tertiary/aromatic N) is 1. The topological polar surface area (TPSA) is 84.9 Å². The lowest BCUT2D eigenvalue weighted by molar-refractivity contribution is -0.126. The van der Waals surface area contributed by atoms with E-state index in [1.807, 2.05) is 54.6 Å². The first-order chi connectivity index (χ1) is 17.4. The summed E-state index contributed by atoms with van der Waals surface area (Å²) in [7, 11) is 1.60. The molecule has 36 heavy (non-hydrogen) atoms. The molecule has 0 radical (unpaired) electrons. The Morgan fingerprint density at radius 3 is 2.44 bits per heavy atom. The van der Waals surface area contributed by atoms with Gasteiger partial charge in [-0.05, 0) is 48.7 Å². The second kappa shape index (κ2) is 13.4. The number of carbonyl (C=O) groups excluding carboxylic acids is 3. The molecule has 0 saturated heterocycles. The van der Waals surface area contributed by atoms with Crippen LogP contribution in [0.15, 0.2) is 60.7 Å². The van der Waals surface area contributed by atoms with Crippen LogP contribution in [0, 0.1) is 0 Å². The van der Waals surface area contributed by atoms with Crippen molar-refractivity contribution < 1.29 is 23.9 Å². The monoisotopic (exact) mass is 508 g/mol. The van der Waals surface area contributed by atoms with Gasteiger partial charge in [0.15, 0.2) is 0 Å². The molecule has 0 saturated carbocycles. The van der Waals surface area contributed by atoms with E-state index in [1.54, 1.807) is 13.2 Å². The van der Waals surface area contributed by atoms with Crippen molar-refractivity contribution in [2.75, 3.05) is 20.3 Å². The summed E-state index contributed by atoms with van der Waals surface area (Å²) in [5.74, 6) is 0.346. The second-order valence-electron chi connectivity index (χ2n) is 8.22. The standard InChI is InChI=1S/C28H32N2O5S/c1-4-5-14-25-24(28(33)30(20(2)31)15-16-35-22-11-7-6-8-12-22)18-26(36-25)27(32)29-19-21-10-9-13-23(17-21)34-3/h6-13,17-18H,4-5,14-16,19H2,1-3H3,(H,29,32). The molecule has 1 aromatic heterocycles. The average molecular weight is 509 g/mol. The van der Waals surface area contributed by atoms with Gasteiger partial charge < -0.3 is 14.8 Å². The number of methoxy groups -OCH3 is 1. The van der Waals surface area contributed by atoms with Gasteiger partial charge in [-0.15, -0.1) is 11.3 Å². The molecule has 2 aromatic carbocycles. The lowest BCUT2D eigenvalue weighted by atomic mass is 10.1. The van der Waals surface area contributed by atoms with Crippen LogP contribution in [0.4, 0.5) is 0 Å². The number of unbranched alkanes of at least 4 members (excludes halogenated alkanes) is 1. The molecule has 0 bridgehead atoms. The van der Waals surface area contributed by atoms with Gasteiger partial charge in [-0.25, -0.2) is 0 Å². The van der Waals surface area contributed by atoms with Crippen molar-refractivity contribution in [1.82, 2.24) is 10.2 Å². The van der Waals surface area contributed by atoms with E-state index in [0.29, 0.717) is 34.9 Å². The number of rotatable bonds is 12. The predicted octanol–water partition coefficient (Wildman–Crippen LogP) is 5.10. The van der Waals surface area contributed by atoms with Gasteiger partial charge in [-0.2, -0.15) is 0 Å². The molecule has 1 N–H and O–H groups in total. The van der Waals surface area contributed by atoms with Crippen LogP contribution in [0.2, 0.25) is 0 Å². The molecule has 0 unspecified atom stereocenters. The lowest BCUT2D eigenvalue weighted by Gasteiger charge is -2.19. The first-order valence-corrected chi connectivity index (χ1v) is 12.8. The van der Waals surface area contributed by atoms with Crippen LogP contribution in [0.25, 0.3) is 0 Å². The molecule has 0 aliphatic heterocycles. The maximum absolute atomic E-state index is 13.4. The number of benzene rings is 2. The van der Waals surface area contributed by atoms with Crippen LogP contribution >= 0.6 is 11.3 Å². The normalized spacial score (nSPS) is 10.5. The van der Waals surface area contributed by atoms with E-state index in [-0.39, 0.29) is 25.0 Å². The highest BCUT2D eigenvalue weighted by Gasteiger charge is 2.26. The molecule has 3 rings (SSSR count). The van der Waals surface area contributed by atoms with E-state index >= 15 is 0 Å². The number of aryl methyl sites for hydroxylation is 1. The van der Waals surface area contributed by atoms with Crippen molar-refractivity contribution in [3.8, 4) is 11.5 Å². The van der Waals surface area contributed by atoms with E-state index in [0.717, 1.165) is 23.3 Å². The molecule has 0 fully saturated rings. The maximum atomic E-state index is 13.4. The van der Waals surface area contributed by atoms with Gasteiger partial charge in [0, 0.05) is 18.3 Å². The summed E-state index contributed by atoms with van der Waals surface area (Å²) in [6.45, 7) is 4.05. The fourth-order valence-electron chi connectivity index (χ4n) is 3.62. The minimum absolute atomic E-state index is 0.115. The van der Waals surface area contributed by atoms with Gasteiger partial charge in [0.1, 0.15) is 18.1 Å². The Hall–Kier alpha value is -3.65. The van der Waals surface area contributed by atoms with Gasteiger partial charge in [0.05, 0.1) is 24.1 Å². The van der Waals surface area contributed by atoms with Crippen molar-refractivity contribution in [3.63, 3.8) is 0 Å². The third-order valence-electron chi connectivity index (χ3n) is 5.56. The smallest absolute Gasteiger partial charge is 0.261 e. The van der Waals surface area contributed by atoms with Crippen LogP contribution in [-0.2, 0) is 17.8 Å². The Morgan fingerprint density at radius 2 is 1.75 bits per heavy atom. The van der Waals surface area contributed by atoms with Crippen molar-refractivity contribution in [1.29, 1.82) is 0 Å². The molecular weight excluding hydrogens is 476 g/mol. The maximum Gasteiger partial charge on any atom is 0.261 e. The summed E-state index contributed by atoms with van der Waals surface area (Å²) in [6.07, 6.45) is 2.49. The van der Waals surface area contributed by atoms with Gasteiger partial charge >= 0.3 is 0 Å². The van der Waals surface area contributed by atoms with Crippen molar-refractivity contribution >= 4 is 29.1 Å². The molecule has 1 heterocycles. The summed E-state index contributed by atoms with van der Waals surface area (Å²) in [5, 5.41) is 2.91. The van der Waals surface area contributed by atoms with Crippen molar-refractivity contribution in [3.05, 3.63) is 81.5 Å². The van der Waals surface area contributed by atoms with Crippen molar-refractivity contribution in [2.45, 2.75) is 39.7 Å². The first kappa shape index (κ1) is 26.9. The van der Waals surface area contributed by atoms with Crippen LogP contribution in [0.5, 0.6) is 11.5 Å². The number of amides is 3. The number of para-hydroxylation sites is 1. The molecule has 0 aliphatic carbocycles. The average Bonchev–Trinajstić information content (AvgIpc) is 3.33. The zero-order valence-electron chi connectivity index (χ0n) is 20.9. The van der Waals surface area contributed by atoms with E-state index in [9.17, 15) is 14.4 Å². The number of thiophene rings is 1. The minimum atomic E-state index is -0.409. The number of carbonyl (C=O) groups is 3. The van der Waals surface area contributed by atoms with E-state index in [1.165, 1.54) is 23.2 Å². The van der Waals surface area contributed by atoms with Crippen molar-refractivity contribution in [2.24, 2.45) is 0 Å². The van der Waals surface area contributed by atoms with Crippen LogP contribution < -0.4 is 14.8 Å². The van der Waals surface area contributed by atoms with E-state index in [4.69, 9.17) is 9.47 Å². The first-order valence-electron chi connectivity index (χ1n) is 12.0. The number of hydrogen-bond acceptors (Lipinski definition) is 6. The minimum Gasteiger partial charge on any atom is -0.497 e. The summed E-state index contributed by atoms with van der Waals surface area (Å²) in [5.41, 5.74) is 1.30. The molecular formula is C28H32N2O5S. The Balaban J connectivity index is 1.73. The quantitative estimate of drug-likeness (QED) is 0.368. The Kier molecular flexibility index (Phi) is 10.1. The highest BCUT2D eigenvalue weighted by atomic mass is 32.1. The highest BCUT2D eigenvalue weighted by Crippen LogP contribution is 2.26. The molecule has 0 atom stereocenters. The van der Waals surface area contributed by atoms with Gasteiger partial charge in [-0.3, -0.25) is 19.3 Å². The summed E-state index contributed by atoms with van der Waals surface area (Å²) < 4.78 is 10.9. The number of imide groups is 1. The van der Waals surface area contributed by atoms with Gasteiger partial charge in [-0.1, -0.05) is 43.7 Å². The van der Waals surface area contributed by atoms with Crippen LogP contribution in [-0.4, -0.2) is 42.9 Å². The Labute approximate surface area is 216 Å². The molecule has 0 spiro atoms. The zero-order valence-corrected chi connectivity index (χ0v) is 21.7. The fourth-order valence-corrected chi connectivity index (χ4v) is 4.73. The predicted molar refractivity (Wildman–Crippen MR) is 141 cm³/mol. The zero-order chi connectivity index (χ0) is 25.9. The third-order valence-corrected chi connectivity index (χ3v) is 6.75. The largest absolute Gasteiger partial charge is 0.497 e. The molecule has 3 amide bonds. The third kappa shape index (κ3) is 7.42. The van der Waals surface area contributed by atoms with Crippen LogP contribution in [0.1, 0.15) is 57.2 Å². The molecule has 8 heteroatoms. The summed E-state index contributed by atoms with van der Waals surface area (Å²) >= 11 is 1.30. The van der Waals surface area contributed by atoms with E-state index in [2.05, 4.69) is 12.2 Å². The van der Waals surface area contributed by atoms with Gasteiger partial charge in [0.25, 0.3) is 11.8 Å². The van der Waals surface area contributed by atoms with Gasteiger partial charge in [0.2, 0.25) is 5.91 Å². The SMILES string of the molecule is CCCCc1sc(C(=O)NCc2cccc(OC)c2)cc1C(=O)N(CCOc1ccccc1)C(C)=O. The van der Waals surface area contributed by atoms with Crippen LogP contribution in [0.3, 0.4) is 0 Å². The highest BCUT2D eigenvalue weighted by molar-refractivity contribution is 7.14. The Bertz CT molecular complexity index is 1180. The lowest BCUT2D eigenvalue weighted by Crippen LogP contribution is -2.38. The Morgan fingerprint density at radius 1 is 1.00 bits per heavy atom.